The van der Waals surface area contributed by atoms with Crippen LogP contribution in [-0.4, -0.2) is 32.8 Å². The van der Waals surface area contributed by atoms with E-state index in [9.17, 15) is 4.39 Å². The first-order valence-corrected chi connectivity index (χ1v) is 26.0. The zero-order chi connectivity index (χ0) is 42.5. The van der Waals surface area contributed by atoms with E-state index in [1.807, 2.05) is 18.2 Å². The number of nitrogens with zero attached hydrogens (tertiary/aromatic N) is 4. The number of hydrogen-bond acceptors (Lipinski definition) is 4. The molecule has 0 bridgehead atoms. The number of hydrogen-bond donors (Lipinski definition) is 0. The molecule has 56 heavy (non-hydrogen) atoms. The van der Waals surface area contributed by atoms with Crippen LogP contribution in [0.5, 0.6) is 0 Å². The summed E-state index contributed by atoms with van der Waals surface area (Å²) in [6.07, 6.45) is 2.66. The van der Waals surface area contributed by atoms with Crippen LogP contribution in [0, 0.1) is 30.2 Å². The first kappa shape index (κ1) is 35.9. The van der Waals surface area contributed by atoms with Crippen LogP contribution < -0.4 is 4.40 Å². The molecule has 4 aromatic carbocycles. The zero-order valence-electron chi connectivity index (χ0n) is 37.1. The van der Waals surface area contributed by atoms with E-state index >= 15 is 0 Å². The van der Waals surface area contributed by atoms with Crippen molar-refractivity contribution in [1.29, 1.82) is 0 Å². The second-order valence-electron chi connectivity index (χ2n) is 16.6. The Morgan fingerprint density at radius 3 is 2.36 bits per heavy atom. The third-order valence-electron chi connectivity index (χ3n) is 9.52. The monoisotopic (exact) mass is 987 g/mol. The summed E-state index contributed by atoms with van der Waals surface area (Å²) in [5.74, 6) is 6.08. The van der Waals surface area contributed by atoms with Gasteiger partial charge in [-0.3, -0.25) is 4.98 Å². The van der Waals surface area contributed by atoms with Crippen LogP contribution in [0.1, 0.15) is 68.4 Å². The molecule has 0 unspecified atom stereocenters. The van der Waals surface area contributed by atoms with Crippen molar-refractivity contribution in [2.24, 2.45) is 5.41 Å². The average Bonchev–Trinajstić information content (AvgIpc) is 3.71. The summed E-state index contributed by atoms with van der Waals surface area (Å²) in [5.41, 5.74) is 8.23. The summed E-state index contributed by atoms with van der Waals surface area (Å²) in [6.45, 7) is 8.65. The van der Waals surface area contributed by atoms with Crippen molar-refractivity contribution in [3.63, 3.8) is 0 Å². The molecule has 0 atom stereocenters. The SMILES string of the molecule is CC(C)(C)Cc1ccc2c(n1)oc1c[c-]c(-c3nc4ccccc4n3Cc3ccccc3)cc12.[2H]C([2H])([2H])c1c[c-]c(-c2cc(C([2H])(C)C)[c]([Ge]([CH3])([CH3])[CH3])cn2)c(F)c1.[Ir]. The van der Waals surface area contributed by atoms with E-state index in [0.29, 0.717) is 11.4 Å². The number of para-hydroxylation sites is 2. The van der Waals surface area contributed by atoms with Gasteiger partial charge in [0, 0.05) is 37.7 Å². The zero-order valence-corrected chi connectivity index (χ0v) is 37.6. The minimum absolute atomic E-state index is 0. The molecule has 0 aliphatic heterocycles. The van der Waals surface area contributed by atoms with Crippen molar-refractivity contribution in [2.75, 3.05) is 0 Å². The summed E-state index contributed by atoms with van der Waals surface area (Å²) >= 11 is -2.25. The Bertz CT molecular complexity index is 2800. The van der Waals surface area contributed by atoms with Crippen molar-refractivity contribution >= 4 is 50.8 Å². The van der Waals surface area contributed by atoms with Crippen molar-refractivity contribution in [2.45, 2.75) is 77.6 Å². The second-order valence-corrected chi connectivity index (χ2v) is 27.2. The van der Waals surface area contributed by atoms with E-state index in [1.165, 1.54) is 11.6 Å². The molecule has 8 aromatic rings. The van der Waals surface area contributed by atoms with Gasteiger partial charge in [0.25, 0.3) is 0 Å². The summed E-state index contributed by atoms with van der Waals surface area (Å²) in [6, 6.07) is 37.3. The standard InChI is InChI=1S/C30H26N3O.C18H23FGeN.Ir/c1-30(2,3)18-22-14-15-23-24-17-21(13-16-27(24)34-29(23)31-22)28-32-25-11-7-8-12-26(25)33(28)19-20-9-5-4-6-10-20;1-12(2)15-10-18(21-11-17(15)20(4,5)6)14-8-7-13(3)9-16(14)19;/h4-12,14-17H,18-19H2,1-3H3;7,9-12H,1-6H3;/q2*-1;/i;3D3,12D;. The van der Waals surface area contributed by atoms with E-state index in [0.717, 1.165) is 73.5 Å². The maximum atomic E-state index is 14.5. The molecule has 8 heteroatoms. The average molecular weight is 986 g/mol. The molecule has 1 radical (unpaired) electrons. The van der Waals surface area contributed by atoms with Crippen LogP contribution in [0.3, 0.4) is 0 Å². The first-order valence-electron chi connectivity index (χ1n) is 20.6. The Morgan fingerprint density at radius 1 is 0.911 bits per heavy atom. The molecule has 0 saturated heterocycles. The van der Waals surface area contributed by atoms with E-state index < -0.39 is 31.8 Å². The fraction of sp³-hybridized carbons (Fsp3) is 0.271. The molecule has 0 saturated carbocycles. The van der Waals surface area contributed by atoms with Gasteiger partial charge < -0.3 is 8.98 Å². The first-order chi connectivity index (χ1) is 27.7. The topological polar surface area (TPSA) is 56.7 Å². The van der Waals surface area contributed by atoms with Gasteiger partial charge in [-0.2, -0.15) is 0 Å². The number of pyridine rings is 2. The second kappa shape index (κ2) is 16.6. The number of rotatable bonds is 7. The number of aryl methyl sites for hydroxylation is 1. The molecule has 4 heterocycles. The Kier molecular flexibility index (Phi) is 10.6. The third kappa shape index (κ3) is 9.07. The van der Waals surface area contributed by atoms with Crippen LogP contribution in [0.15, 0.2) is 108 Å². The molecule has 0 aliphatic carbocycles. The third-order valence-corrected chi connectivity index (χ3v) is 13.7. The van der Waals surface area contributed by atoms with Crippen molar-refractivity contribution in [3.05, 3.63) is 144 Å². The number of benzene rings is 4. The minimum Gasteiger partial charge on any atom is 0 e. The summed E-state index contributed by atoms with van der Waals surface area (Å²) in [5, 5.41) is 2.06. The molecular formula is C48H49FGeIrN4O-2. The Balaban J connectivity index is 0.000000208. The van der Waals surface area contributed by atoms with E-state index in [1.54, 1.807) is 26.1 Å². The molecule has 4 aromatic heterocycles. The van der Waals surface area contributed by atoms with Gasteiger partial charge >= 0.3 is 135 Å². The quantitative estimate of drug-likeness (QED) is 0.118. The van der Waals surface area contributed by atoms with Crippen LogP contribution in [0.2, 0.25) is 17.3 Å². The van der Waals surface area contributed by atoms with Gasteiger partial charge in [0.1, 0.15) is 0 Å². The number of fused-ring (bicyclic) bond motifs is 4. The minimum atomic E-state index is -2.37. The number of aromatic nitrogens is 4. The number of furan rings is 1. The Morgan fingerprint density at radius 2 is 1.66 bits per heavy atom. The van der Waals surface area contributed by atoms with Crippen LogP contribution in [0.25, 0.3) is 55.7 Å². The van der Waals surface area contributed by atoms with Crippen LogP contribution >= 0.6 is 0 Å². The van der Waals surface area contributed by atoms with Gasteiger partial charge in [0.05, 0.1) is 22.4 Å². The number of imidazole rings is 1. The molecule has 8 rings (SSSR count). The molecule has 5 nitrogen and oxygen atoms in total. The Labute approximate surface area is 352 Å². The maximum absolute atomic E-state index is 14.5. The predicted molar refractivity (Wildman–Crippen MR) is 228 cm³/mol. The fourth-order valence-electron chi connectivity index (χ4n) is 6.89. The van der Waals surface area contributed by atoms with Gasteiger partial charge in [-0.25, -0.2) is 4.98 Å². The molecule has 0 amide bonds. The van der Waals surface area contributed by atoms with Gasteiger partial charge in [0.15, 0.2) is 0 Å². The molecular weight excluding hydrogens is 932 g/mol. The summed E-state index contributed by atoms with van der Waals surface area (Å²) < 4.78 is 54.5. The van der Waals surface area contributed by atoms with Crippen LogP contribution in [0.4, 0.5) is 4.39 Å². The smallest absolute Gasteiger partial charge is 0 e. The van der Waals surface area contributed by atoms with Gasteiger partial charge in [-0.1, -0.05) is 68.6 Å². The van der Waals surface area contributed by atoms with E-state index in [4.69, 9.17) is 19.9 Å². The fourth-order valence-corrected chi connectivity index (χ4v) is 10.2. The summed E-state index contributed by atoms with van der Waals surface area (Å²) in [4.78, 5) is 14.2. The Hall–Kier alpha value is -4.43. The molecule has 289 valence electrons. The maximum Gasteiger partial charge on any atom is 0 e. The normalized spacial score (nSPS) is 13.4. The van der Waals surface area contributed by atoms with Gasteiger partial charge in [0.2, 0.25) is 5.71 Å². The number of halogens is 1. The van der Waals surface area contributed by atoms with E-state index in [-0.39, 0.29) is 36.6 Å². The molecule has 0 aliphatic rings. The van der Waals surface area contributed by atoms with Crippen molar-refractivity contribution in [3.8, 4) is 22.6 Å². The molecule has 0 spiro atoms. The summed E-state index contributed by atoms with van der Waals surface area (Å²) in [7, 11) is 0. The molecule has 0 fully saturated rings. The van der Waals surface area contributed by atoms with Gasteiger partial charge in [-0.05, 0) is 41.7 Å². The largest absolute Gasteiger partial charge is 0 e. The van der Waals surface area contributed by atoms with Crippen molar-refractivity contribution in [1.82, 2.24) is 19.5 Å². The van der Waals surface area contributed by atoms with Crippen molar-refractivity contribution < 1.29 is 34.4 Å². The van der Waals surface area contributed by atoms with E-state index in [2.05, 4.69) is 120 Å². The molecule has 0 N–H and O–H groups in total. The van der Waals surface area contributed by atoms with Crippen LogP contribution in [-0.2, 0) is 33.1 Å². The van der Waals surface area contributed by atoms with Gasteiger partial charge in [-0.15, -0.1) is 23.8 Å². The predicted octanol–water partition coefficient (Wildman–Crippen LogP) is 12.1.